The van der Waals surface area contributed by atoms with Gasteiger partial charge in [0.2, 0.25) is 5.91 Å². The number of aromatic amines is 1. The lowest BCUT2D eigenvalue weighted by Crippen LogP contribution is -2.52. The number of aryl methyl sites for hydroxylation is 1. The van der Waals surface area contributed by atoms with E-state index in [4.69, 9.17) is 0 Å². The van der Waals surface area contributed by atoms with Gasteiger partial charge in [-0.3, -0.25) is 14.5 Å². The topological polar surface area (TPSA) is 82.2 Å². The standard InChI is InChI=1S/C23H33N5O2/c29-21(12-11-20-25-19-10-7-13-24-22(19)23(30)26-20)28-16-14-27(15-17-28)18-8-5-3-1-2-4-6-9-18/h7,10,13,18H,1-6,8-9,11-12,14-17H2,(H,25,26,30). The van der Waals surface area contributed by atoms with Gasteiger partial charge in [0.15, 0.2) is 5.52 Å². The molecular weight excluding hydrogens is 378 g/mol. The Labute approximate surface area is 177 Å². The highest BCUT2D eigenvalue weighted by Crippen LogP contribution is 2.22. The lowest BCUT2D eigenvalue weighted by Gasteiger charge is -2.39. The van der Waals surface area contributed by atoms with Gasteiger partial charge in [0.1, 0.15) is 5.82 Å². The SMILES string of the molecule is O=C(CCc1nc2cccnc2c(=O)[nH]1)N1CCN(C2CCCCCCCC2)CC1. The first-order valence-corrected chi connectivity index (χ1v) is 11.6. The second-order valence-electron chi connectivity index (χ2n) is 8.65. The zero-order valence-electron chi connectivity index (χ0n) is 17.8. The number of piperazine rings is 1. The molecule has 4 rings (SSSR count). The summed E-state index contributed by atoms with van der Waals surface area (Å²) in [6.07, 6.45) is 13.2. The number of pyridine rings is 1. The Morgan fingerprint density at radius 3 is 2.47 bits per heavy atom. The van der Waals surface area contributed by atoms with E-state index in [1.165, 1.54) is 51.4 Å². The van der Waals surface area contributed by atoms with Crippen LogP contribution in [0.25, 0.3) is 11.0 Å². The molecule has 2 aromatic rings. The minimum atomic E-state index is -0.244. The van der Waals surface area contributed by atoms with Crippen molar-refractivity contribution in [2.24, 2.45) is 0 Å². The van der Waals surface area contributed by atoms with Gasteiger partial charge in [-0.05, 0) is 25.0 Å². The number of carbonyl (C=O) groups excluding carboxylic acids is 1. The van der Waals surface area contributed by atoms with E-state index in [2.05, 4.69) is 19.9 Å². The molecule has 7 heteroatoms. The average Bonchev–Trinajstić information content (AvgIpc) is 2.92. The van der Waals surface area contributed by atoms with Crippen molar-refractivity contribution >= 4 is 16.9 Å². The molecule has 1 saturated carbocycles. The molecule has 1 N–H and O–H groups in total. The van der Waals surface area contributed by atoms with Crippen molar-refractivity contribution in [3.8, 4) is 0 Å². The van der Waals surface area contributed by atoms with E-state index in [9.17, 15) is 9.59 Å². The van der Waals surface area contributed by atoms with Gasteiger partial charge in [-0.1, -0.05) is 38.5 Å². The van der Waals surface area contributed by atoms with E-state index in [1.54, 1.807) is 18.3 Å². The van der Waals surface area contributed by atoms with E-state index < -0.39 is 0 Å². The van der Waals surface area contributed by atoms with Gasteiger partial charge in [0.25, 0.3) is 5.56 Å². The van der Waals surface area contributed by atoms with Gasteiger partial charge < -0.3 is 9.88 Å². The van der Waals surface area contributed by atoms with Crippen LogP contribution in [0.15, 0.2) is 23.1 Å². The maximum Gasteiger partial charge on any atom is 0.277 e. The van der Waals surface area contributed by atoms with Crippen LogP contribution in [0.4, 0.5) is 0 Å². The van der Waals surface area contributed by atoms with Gasteiger partial charge in [0, 0.05) is 51.3 Å². The molecule has 3 heterocycles. The highest BCUT2D eigenvalue weighted by Gasteiger charge is 2.26. The van der Waals surface area contributed by atoms with Crippen LogP contribution >= 0.6 is 0 Å². The number of nitrogens with one attached hydrogen (secondary N) is 1. The Morgan fingerprint density at radius 1 is 1.03 bits per heavy atom. The molecule has 0 radical (unpaired) electrons. The Bertz CT molecular complexity index is 894. The van der Waals surface area contributed by atoms with Crippen molar-refractivity contribution in [2.75, 3.05) is 26.2 Å². The number of carbonyl (C=O) groups is 1. The van der Waals surface area contributed by atoms with Crippen LogP contribution in [0.2, 0.25) is 0 Å². The summed E-state index contributed by atoms with van der Waals surface area (Å²) < 4.78 is 0. The predicted octanol–water partition coefficient (Wildman–Crippen LogP) is 2.90. The minimum absolute atomic E-state index is 0.151. The molecule has 2 fully saturated rings. The number of nitrogens with zero attached hydrogens (tertiary/aromatic N) is 4. The molecule has 30 heavy (non-hydrogen) atoms. The molecule has 1 saturated heterocycles. The molecule has 0 spiro atoms. The van der Waals surface area contributed by atoms with E-state index in [1.807, 2.05) is 4.90 Å². The highest BCUT2D eigenvalue weighted by atomic mass is 16.2. The minimum Gasteiger partial charge on any atom is -0.340 e. The van der Waals surface area contributed by atoms with Crippen LogP contribution in [-0.2, 0) is 11.2 Å². The molecular formula is C23H33N5O2. The largest absolute Gasteiger partial charge is 0.340 e. The maximum absolute atomic E-state index is 12.7. The normalized spacial score (nSPS) is 19.9. The molecule has 2 aliphatic rings. The molecule has 7 nitrogen and oxygen atoms in total. The third-order valence-corrected chi connectivity index (χ3v) is 6.60. The first-order chi connectivity index (χ1) is 14.7. The van der Waals surface area contributed by atoms with E-state index in [0.717, 1.165) is 26.2 Å². The molecule has 2 aromatic heterocycles. The summed E-state index contributed by atoms with van der Waals surface area (Å²) in [5.41, 5.74) is 0.674. The maximum atomic E-state index is 12.7. The van der Waals surface area contributed by atoms with Gasteiger partial charge in [0.05, 0.1) is 5.52 Å². The molecule has 1 amide bonds. The molecule has 0 atom stereocenters. The Hall–Kier alpha value is -2.28. The lowest BCUT2D eigenvalue weighted by atomic mass is 10.0. The number of fused-ring (bicyclic) bond motifs is 1. The van der Waals surface area contributed by atoms with Gasteiger partial charge in [-0.15, -0.1) is 0 Å². The lowest BCUT2D eigenvalue weighted by molar-refractivity contribution is -0.133. The molecule has 162 valence electrons. The number of hydrogen-bond donors (Lipinski definition) is 1. The van der Waals surface area contributed by atoms with Crippen molar-refractivity contribution in [1.29, 1.82) is 0 Å². The quantitative estimate of drug-likeness (QED) is 0.837. The number of H-pyrrole nitrogens is 1. The van der Waals surface area contributed by atoms with E-state index in [-0.39, 0.29) is 11.5 Å². The van der Waals surface area contributed by atoms with Crippen LogP contribution in [-0.4, -0.2) is 62.9 Å². The Morgan fingerprint density at radius 2 is 1.73 bits per heavy atom. The van der Waals surface area contributed by atoms with Gasteiger partial charge >= 0.3 is 0 Å². The molecule has 1 aliphatic carbocycles. The summed E-state index contributed by atoms with van der Waals surface area (Å²) in [5, 5.41) is 0. The summed E-state index contributed by atoms with van der Waals surface area (Å²) in [5.74, 6) is 0.705. The number of amides is 1. The summed E-state index contributed by atoms with van der Waals surface area (Å²) in [7, 11) is 0. The van der Waals surface area contributed by atoms with Crippen molar-refractivity contribution in [1.82, 2.24) is 24.8 Å². The van der Waals surface area contributed by atoms with Crippen molar-refractivity contribution in [3.63, 3.8) is 0 Å². The Balaban J connectivity index is 1.28. The van der Waals surface area contributed by atoms with Crippen LogP contribution in [0.3, 0.4) is 0 Å². The fourth-order valence-corrected chi connectivity index (χ4v) is 4.84. The second kappa shape index (κ2) is 10.2. The average molecular weight is 412 g/mol. The number of aromatic nitrogens is 3. The predicted molar refractivity (Wildman–Crippen MR) is 117 cm³/mol. The van der Waals surface area contributed by atoms with Gasteiger partial charge in [-0.2, -0.15) is 0 Å². The molecule has 0 aromatic carbocycles. The molecule has 0 unspecified atom stereocenters. The molecule has 1 aliphatic heterocycles. The Kier molecular flexibility index (Phi) is 7.10. The zero-order valence-corrected chi connectivity index (χ0v) is 17.8. The summed E-state index contributed by atoms with van der Waals surface area (Å²) in [6, 6.07) is 4.24. The van der Waals surface area contributed by atoms with Crippen molar-refractivity contribution in [3.05, 3.63) is 34.5 Å². The summed E-state index contributed by atoms with van der Waals surface area (Å²) in [4.78, 5) is 40.7. The number of hydrogen-bond acceptors (Lipinski definition) is 5. The monoisotopic (exact) mass is 411 g/mol. The first-order valence-electron chi connectivity index (χ1n) is 11.6. The third-order valence-electron chi connectivity index (χ3n) is 6.60. The van der Waals surface area contributed by atoms with Crippen molar-refractivity contribution in [2.45, 2.75) is 70.3 Å². The van der Waals surface area contributed by atoms with E-state index >= 15 is 0 Å². The number of rotatable bonds is 4. The van der Waals surface area contributed by atoms with Crippen molar-refractivity contribution < 1.29 is 4.79 Å². The first kappa shape index (κ1) is 21.0. The van der Waals surface area contributed by atoms with E-state index in [0.29, 0.717) is 35.7 Å². The smallest absolute Gasteiger partial charge is 0.277 e. The van der Waals surface area contributed by atoms with Crippen LogP contribution in [0, 0.1) is 0 Å². The van der Waals surface area contributed by atoms with Crippen LogP contribution < -0.4 is 5.56 Å². The second-order valence-corrected chi connectivity index (χ2v) is 8.65. The van der Waals surface area contributed by atoms with Gasteiger partial charge in [-0.25, -0.2) is 9.97 Å². The fourth-order valence-electron chi connectivity index (χ4n) is 4.84. The van der Waals surface area contributed by atoms with Crippen LogP contribution in [0.5, 0.6) is 0 Å². The summed E-state index contributed by atoms with van der Waals surface area (Å²) >= 11 is 0. The van der Waals surface area contributed by atoms with Crippen LogP contribution in [0.1, 0.15) is 63.6 Å². The summed E-state index contributed by atoms with van der Waals surface area (Å²) in [6.45, 7) is 3.57. The highest BCUT2D eigenvalue weighted by molar-refractivity contribution is 5.76. The fraction of sp³-hybridized carbons (Fsp3) is 0.652. The molecule has 0 bridgehead atoms. The zero-order chi connectivity index (χ0) is 20.8. The third kappa shape index (κ3) is 5.25.